The van der Waals surface area contributed by atoms with Gasteiger partial charge in [-0.3, -0.25) is 9.48 Å². The number of hydrogen-bond donors (Lipinski definition) is 1. The van der Waals surface area contributed by atoms with E-state index in [2.05, 4.69) is 10.4 Å². The number of amides is 1. The van der Waals surface area contributed by atoms with Gasteiger partial charge in [-0.1, -0.05) is 42.8 Å². The fraction of sp³-hybridized carbons (Fsp3) is 0.360. The van der Waals surface area contributed by atoms with Gasteiger partial charge in [0.25, 0.3) is 0 Å². The lowest BCUT2D eigenvalue weighted by atomic mass is 10.1. The number of hydrogen-bond acceptors (Lipinski definition) is 4. The third-order valence-corrected chi connectivity index (χ3v) is 7.92. The van der Waals surface area contributed by atoms with Crippen LogP contribution in [0.25, 0.3) is 0 Å². The highest BCUT2D eigenvalue weighted by atomic mass is 32.2. The van der Waals surface area contributed by atoms with E-state index in [0.717, 1.165) is 36.0 Å². The zero-order chi connectivity index (χ0) is 23.1. The molecule has 1 aliphatic rings. The Labute approximate surface area is 195 Å². The Bertz CT molecular complexity index is 1150. The van der Waals surface area contributed by atoms with Crippen LogP contribution in [0.1, 0.15) is 42.4 Å². The molecule has 1 N–H and O–H groups in total. The first-order valence-corrected chi connectivity index (χ1v) is 12.9. The van der Waals surface area contributed by atoms with Crippen molar-refractivity contribution in [1.82, 2.24) is 19.4 Å². The van der Waals surface area contributed by atoms with Crippen molar-refractivity contribution in [3.05, 3.63) is 83.7 Å². The quantitative estimate of drug-likeness (QED) is 0.524. The second-order valence-corrected chi connectivity index (χ2v) is 10.3. The minimum atomic E-state index is -3.42. The summed E-state index contributed by atoms with van der Waals surface area (Å²) in [5, 5.41) is 7.24. The Morgan fingerprint density at radius 1 is 0.939 bits per heavy atom. The first-order valence-electron chi connectivity index (χ1n) is 11.4. The molecule has 0 saturated carbocycles. The third kappa shape index (κ3) is 6.09. The summed E-state index contributed by atoms with van der Waals surface area (Å²) in [4.78, 5) is 12.7. The van der Waals surface area contributed by atoms with Gasteiger partial charge in [0, 0.05) is 38.4 Å². The predicted molar refractivity (Wildman–Crippen MR) is 127 cm³/mol. The number of aryl methyl sites for hydroxylation is 1. The molecule has 2 aromatic carbocycles. The predicted octanol–water partition coefficient (Wildman–Crippen LogP) is 3.36. The van der Waals surface area contributed by atoms with Crippen molar-refractivity contribution in [1.29, 1.82) is 0 Å². The van der Waals surface area contributed by atoms with Gasteiger partial charge in [0.2, 0.25) is 15.9 Å². The van der Waals surface area contributed by atoms with E-state index >= 15 is 0 Å². The number of piperidine rings is 1. The molecule has 174 valence electrons. The molecular formula is C25H30N4O3S. The Balaban J connectivity index is 1.28. The Kier molecular flexibility index (Phi) is 7.57. The van der Waals surface area contributed by atoms with Crippen LogP contribution in [0.2, 0.25) is 0 Å². The number of nitrogens with one attached hydrogen (secondary N) is 1. The normalized spacial score (nSPS) is 14.8. The number of benzene rings is 2. The van der Waals surface area contributed by atoms with Crippen LogP contribution in [0.15, 0.2) is 71.9 Å². The smallest absolute Gasteiger partial charge is 0.243 e. The van der Waals surface area contributed by atoms with Crippen molar-refractivity contribution in [2.75, 3.05) is 13.1 Å². The molecule has 2 heterocycles. The summed E-state index contributed by atoms with van der Waals surface area (Å²) in [6.45, 7) is 2.31. The topological polar surface area (TPSA) is 84.3 Å². The molecule has 4 rings (SSSR count). The molecule has 0 aliphatic carbocycles. The summed E-state index contributed by atoms with van der Waals surface area (Å²) < 4.78 is 29.0. The van der Waals surface area contributed by atoms with E-state index in [0.29, 0.717) is 43.9 Å². The summed E-state index contributed by atoms with van der Waals surface area (Å²) in [7, 11) is -3.42. The zero-order valence-electron chi connectivity index (χ0n) is 18.7. The highest BCUT2D eigenvalue weighted by Gasteiger charge is 2.25. The van der Waals surface area contributed by atoms with E-state index in [4.69, 9.17) is 0 Å². The Hall–Kier alpha value is -2.97. The maximum absolute atomic E-state index is 12.8. The molecule has 1 amide bonds. The second-order valence-electron chi connectivity index (χ2n) is 8.36. The second kappa shape index (κ2) is 10.8. The van der Waals surface area contributed by atoms with Crippen LogP contribution in [0.4, 0.5) is 0 Å². The molecule has 7 nitrogen and oxygen atoms in total. The zero-order valence-corrected chi connectivity index (χ0v) is 19.5. The molecule has 0 unspecified atom stereocenters. The highest BCUT2D eigenvalue weighted by Crippen LogP contribution is 2.21. The molecule has 1 aliphatic heterocycles. The van der Waals surface area contributed by atoms with Crippen LogP contribution in [0, 0.1) is 0 Å². The summed E-state index contributed by atoms with van der Waals surface area (Å²) in [5.41, 5.74) is 3.13. The van der Waals surface area contributed by atoms with E-state index in [9.17, 15) is 13.2 Å². The van der Waals surface area contributed by atoms with Gasteiger partial charge in [0.15, 0.2) is 0 Å². The van der Waals surface area contributed by atoms with Gasteiger partial charge in [0.1, 0.15) is 0 Å². The van der Waals surface area contributed by atoms with Gasteiger partial charge in [0.05, 0.1) is 11.4 Å². The minimum absolute atomic E-state index is 0.0334. The van der Waals surface area contributed by atoms with Crippen molar-refractivity contribution in [2.45, 2.75) is 50.1 Å². The van der Waals surface area contributed by atoms with E-state index < -0.39 is 10.0 Å². The van der Waals surface area contributed by atoms with Crippen molar-refractivity contribution >= 4 is 15.9 Å². The Morgan fingerprint density at radius 2 is 1.67 bits per heavy atom. The maximum atomic E-state index is 12.8. The molecule has 33 heavy (non-hydrogen) atoms. The molecule has 0 bridgehead atoms. The molecule has 3 aromatic rings. The van der Waals surface area contributed by atoms with Crippen LogP contribution in [0.3, 0.4) is 0 Å². The van der Waals surface area contributed by atoms with Gasteiger partial charge >= 0.3 is 0 Å². The minimum Gasteiger partial charge on any atom is -0.352 e. The fourth-order valence-corrected chi connectivity index (χ4v) is 5.59. The van der Waals surface area contributed by atoms with Crippen LogP contribution in [0.5, 0.6) is 0 Å². The van der Waals surface area contributed by atoms with Gasteiger partial charge in [-0.2, -0.15) is 9.40 Å². The number of nitrogens with zero attached hydrogens (tertiary/aromatic N) is 3. The van der Waals surface area contributed by atoms with E-state index in [1.807, 2.05) is 53.3 Å². The third-order valence-electron chi connectivity index (χ3n) is 6.00. The van der Waals surface area contributed by atoms with Crippen LogP contribution < -0.4 is 5.32 Å². The van der Waals surface area contributed by atoms with Gasteiger partial charge in [-0.25, -0.2) is 8.42 Å². The molecule has 0 spiro atoms. The van der Waals surface area contributed by atoms with Crippen LogP contribution in [-0.4, -0.2) is 41.5 Å². The first-order chi connectivity index (χ1) is 16.0. The molecule has 1 fully saturated rings. The van der Waals surface area contributed by atoms with E-state index in [1.165, 1.54) is 0 Å². The lowest BCUT2D eigenvalue weighted by Gasteiger charge is -2.25. The number of aromatic nitrogens is 2. The maximum Gasteiger partial charge on any atom is 0.243 e. The van der Waals surface area contributed by atoms with E-state index in [-0.39, 0.29) is 5.91 Å². The van der Waals surface area contributed by atoms with Crippen molar-refractivity contribution in [3.8, 4) is 0 Å². The summed E-state index contributed by atoms with van der Waals surface area (Å²) >= 11 is 0. The lowest BCUT2D eigenvalue weighted by molar-refractivity contribution is -0.121. The number of carbonyl (C=O) groups excluding carboxylic acids is 1. The molecule has 1 aromatic heterocycles. The monoisotopic (exact) mass is 466 g/mol. The summed E-state index contributed by atoms with van der Waals surface area (Å²) in [5.74, 6) is -0.0334. The molecular weight excluding hydrogens is 436 g/mol. The fourth-order valence-electron chi connectivity index (χ4n) is 4.08. The molecule has 8 heteroatoms. The van der Waals surface area contributed by atoms with Gasteiger partial charge in [-0.15, -0.1) is 0 Å². The van der Waals surface area contributed by atoms with Gasteiger partial charge < -0.3 is 5.32 Å². The lowest BCUT2D eigenvalue weighted by Crippen LogP contribution is -2.35. The first kappa shape index (κ1) is 23.2. The average Bonchev–Trinajstić information content (AvgIpc) is 3.36. The number of rotatable bonds is 9. The largest absolute Gasteiger partial charge is 0.352 e. The van der Waals surface area contributed by atoms with Crippen molar-refractivity contribution in [3.63, 3.8) is 0 Å². The van der Waals surface area contributed by atoms with Crippen molar-refractivity contribution in [2.24, 2.45) is 0 Å². The van der Waals surface area contributed by atoms with E-state index in [1.54, 1.807) is 22.6 Å². The van der Waals surface area contributed by atoms with Crippen LogP contribution in [-0.2, 0) is 34.3 Å². The Morgan fingerprint density at radius 3 is 2.36 bits per heavy atom. The highest BCUT2D eigenvalue weighted by molar-refractivity contribution is 7.89. The number of sulfonamides is 1. The standard InChI is InChI=1S/C25H30N4O3S/c30-25(26-19-22-7-2-3-8-23(22)20-28-16-6-15-27-28)14-11-21-9-12-24(13-10-21)33(31,32)29-17-4-1-5-18-29/h2-3,6-10,12-13,15-16H,1,4-5,11,14,17-20H2,(H,26,30). The molecule has 1 saturated heterocycles. The number of carbonyl (C=O) groups is 1. The van der Waals surface area contributed by atoms with Gasteiger partial charge in [-0.05, 0) is 54.2 Å². The molecule has 0 atom stereocenters. The molecule has 0 radical (unpaired) electrons. The van der Waals surface area contributed by atoms with Crippen molar-refractivity contribution < 1.29 is 13.2 Å². The van der Waals surface area contributed by atoms with Crippen LogP contribution >= 0.6 is 0 Å². The average molecular weight is 467 g/mol. The summed E-state index contributed by atoms with van der Waals surface area (Å²) in [6, 6.07) is 16.8. The summed E-state index contributed by atoms with van der Waals surface area (Å²) in [6.07, 6.45) is 7.49. The SMILES string of the molecule is O=C(CCc1ccc(S(=O)(=O)N2CCCCC2)cc1)NCc1ccccc1Cn1cccn1.